The molecule has 0 radical (unpaired) electrons. The predicted molar refractivity (Wildman–Crippen MR) is 127 cm³/mol. The summed E-state index contributed by atoms with van der Waals surface area (Å²) in [6, 6.07) is 11.9. The highest BCUT2D eigenvalue weighted by Crippen LogP contribution is 2.30. The van der Waals surface area contributed by atoms with Crippen LogP contribution in [0.25, 0.3) is 0 Å². The van der Waals surface area contributed by atoms with Crippen molar-refractivity contribution in [1.29, 1.82) is 0 Å². The van der Waals surface area contributed by atoms with Crippen LogP contribution in [0.3, 0.4) is 0 Å². The summed E-state index contributed by atoms with van der Waals surface area (Å²) in [5, 5.41) is 4.52. The minimum absolute atomic E-state index is 0.0646. The quantitative estimate of drug-likeness (QED) is 0.524. The number of hydrogen-bond donors (Lipinski definition) is 0. The number of hydrogen-bond acceptors (Lipinski definition) is 6. The van der Waals surface area contributed by atoms with Gasteiger partial charge in [-0.2, -0.15) is 0 Å². The van der Waals surface area contributed by atoms with E-state index in [9.17, 15) is 9.59 Å². The van der Waals surface area contributed by atoms with Crippen molar-refractivity contribution in [2.75, 3.05) is 33.3 Å². The van der Waals surface area contributed by atoms with Gasteiger partial charge in [-0.15, -0.1) is 0 Å². The Morgan fingerprint density at radius 3 is 2.09 bits per heavy atom. The van der Waals surface area contributed by atoms with E-state index in [2.05, 4.69) is 5.16 Å². The molecule has 2 heterocycles. The van der Waals surface area contributed by atoms with Crippen molar-refractivity contribution < 1.29 is 23.6 Å². The number of piperazine rings is 1. The molecule has 2 aromatic carbocycles. The molecule has 9 heteroatoms. The Morgan fingerprint density at radius 2 is 1.53 bits per heavy atom. The zero-order chi connectivity index (χ0) is 24.2. The van der Waals surface area contributed by atoms with E-state index in [4.69, 9.17) is 25.6 Å². The molecule has 4 rings (SSSR count). The number of amides is 2. The van der Waals surface area contributed by atoms with Gasteiger partial charge >= 0.3 is 0 Å². The van der Waals surface area contributed by atoms with Gasteiger partial charge in [0.15, 0.2) is 11.5 Å². The van der Waals surface area contributed by atoms with Crippen LogP contribution >= 0.6 is 11.6 Å². The number of aryl methyl sites for hydroxylation is 2. The van der Waals surface area contributed by atoms with Crippen LogP contribution in [-0.4, -0.2) is 60.1 Å². The Morgan fingerprint density at radius 1 is 0.941 bits per heavy atom. The summed E-state index contributed by atoms with van der Waals surface area (Å²) in [4.78, 5) is 29.3. The first-order chi connectivity index (χ1) is 16.4. The summed E-state index contributed by atoms with van der Waals surface area (Å²) in [7, 11) is 1.54. The molecule has 1 aliphatic rings. The van der Waals surface area contributed by atoms with Crippen LogP contribution in [0.4, 0.5) is 0 Å². The molecule has 2 amide bonds. The third-order valence-corrected chi connectivity index (χ3v) is 6.16. The molecular weight excluding hydrogens is 458 g/mol. The molecule has 0 saturated carbocycles. The van der Waals surface area contributed by atoms with E-state index in [1.54, 1.807) is 52.3 Å². The molecule has 0 atom stereocenters. The average molecular weight is 484 g/mol. The van der Waals surface area contributed by atoms with Gasteiger partial charge in [0.1, 0.15) is 12.4 Å². The van der Waals surface area contributed by atoms with E-state index in [1.807, 2.05) is 13.8 Å². The van der Waals surface area contributed by atoms with Gasteiger partial charge in [0.25, 0.3) is 11.8 Å². The molecule has 8 nitrogen and oxygen atoms in total. The number of carbonyl (C=O) groups is 2. The first-order valence-corrected chi connectivity index (χ1v) is 11.3. The Bertz CT molecular complexity index is 1160. The number of carbonyl (C=O) groups excluding carboxylic acids is 2. The fraction of sp³-hybridized carbons (Fsp3) is 0.320. The molecule has 1 fully saturated rings. The topological polar surface area (TPSA) is 85.1 Å². The zero-order valence-corrected chi connectivity index (χ0v) is 20.1. The molecule has 178 valence electrons. The minimum Gasteiger partial charge on any atom is -0.493 e. The Hall–Kier alpha value is -3.52. The van der Waals surface area contributed by atoms with Gasteiger partial charge in [0, 0.05) is 42.3 Å². The van der Waals surface area contributed by atoms with E-state index >= 15 is 0 Å². The minimum atomic E-state index is -0.117. The summed E-state index contributed by atoms with van der Waals surface area (Å²) in [6.07, 6.45) is 0. The first kappa shape index (κ1) is 23.6. The summed E-state index contributed by atoms with van der Waals surface area (Å²) in [5.41, 5.74) is 2.74. The molecule has 34 heavy (non-hydrogen) atoms. The lowest BCUT2D eigenvalue weighted by molar-refractivity contribution is 0.0535. The number of aromatic nitrogens is 1. The number of ether oxygens (including phenoxy) is 2. The maximum atomic E-state index is 13.1. The van der Waals surface area contributed by atoms with Crippen LogP contribution in [0.15, 0.2) is 47.0 Å². The second-order valence-corrected chi connectivity index (χ2v) is 8.48. The van der Waals surface area contributed by atoms with Crippen LogP contribution in [0.1, 0.15) is 37.7 Å². The largest absolute Gasteiger partial charge is 0.493 e. The Labute approximate surface area is 203 Å². The highest BCUT2D eigenvalue weighted by Gasteiger charge is 2.26. The van der Waals surface area contributed by atoms with Crippen LogP contribution in [-0.2, 0) is 6.61 Å². The van der Waals surface area contributed by atoms with Gasteiger partial charge in [-0.25, -0.2) is 0 Å². The lowest BCUT2D eigenvalue weighted by Crippen LogP contribution is -2.50. The summed E-state index contributed by atoms with van der Waals surface area (Å²) in [5.74, 6) is 1.52. The molecule has 1 aromatic heterocycles. The second kappa shape index (κ2) is 10.2. The van der Waals surface area contributed by atoms with E-state index in [1.165, 1.54) is 7.11 Å². The van der Waals surface area contributed by atoms with E-state index in [0.29, 0.717) is 59.6 Å². The van der Waals surface area contributed by atoms with Crippen LogP contribution in [0.5, 0.6) is 11.5 Å². The average Bonchev–Trinajstić information content (AvgIpc) is 3.19. The number of rotatable bonds is 6. The monoisotopic (exact) mass is 483 g/mol. The second-order valence-electron chi connectivity index (χ2n) is 8.05. The van der Waals surface area contributed by atoms with Crippen molar-refractivity contribution in [2.45, 2.75) is 20.5 Å². The predicted octanol–water partition coefficient (Wildman–Crippen LogP) is 4.13. The highest BCUT2D eigenvalue weighted by molar-refractivity contribution is 6.30. The third kappa shape index (κ3) is 5.02. The molecule has 0 unspecified atom stereocenters. The van der Waals surface area contributed by atoms with Crippen molar-refractivity contribution in [2.24, 2.45) is 0 Å². The van der Waals surface area contributed by atoms with Crippen molar-refractivity contribution in [3.63, 3.8) is 0 Å². The SMILES string of the molecule is COc1cc(C(=O)N2CCN(C(=O)c3ccc(Cl)cc3)CC2)ccc1OCc1c(C)noc1C. The fourth-order valence-electron chi connectivity index (χ4n) is 3.85. The number of nitrogens with zero attached hydrogens (tertiary/aromatic N) is 3. The van der Waals surface area contributed by atoms with Gasteiger partial charge in [-0.1, -0.05) is 16.8 Å². The fourth-order valence-corrected chi connectivity index (χ4v) is 3.97. The summed E-state index contributed by atoms with van der Waals surface area (Å²) >= 11 is 5.91. The zero-order valence-electron chi connectivity index (χ0n) is 19.3. The lowest BCUT2D eigenvalue weighted by atomic mass is 10.1. The van der Waals surface area contributed by atoms with Gasteiger partial charge in [-0.05, 0) is 56.3 Å². The van der Waals surface area contributed by atoms with E-state index < -0.39 is 0 Å². The molecule has 0 bridgehead atoms. The van der Waals surface area contributed by atoms with Crippen molar-refractivity contribution in [3.8, 4) is 11.5 Å². The summed E-state index contributed by atoms with van der Waals surface area (Å²) < 4.78 is 16.5. The van der Waals surface area contributed by atoms with Gasteiger partial charge in [-0.3, -0.25) is 9.59 Å². The standard InChI is InChI=1S/C25H26ClN3O5/c1-16-21(17(2)34-27-16)15-33-22-9-6-19(14-23(22)32-3)25(31)29-12-10-28(11-13-29)24(30)18-4-7-20(26)8-5-18/h4-9,14H,10-13,15H2,1-3H3. The molecule has 3 aromatic rings. The smallest absolute Gasteiger partial charge is 0.254 e. The number of methoxy groups -OCH3 is 1. The Kier molecular flexibility index (Phi) is 7.07. The van der Waals surface area contributed by atoms with Crippen molar-refractivity contribution in [3.05, 3.63) is 75.6 Å². The van der Waals surface area contributed by atoms with E-state index in [0.717, 1.165) is 11.3 Å². The normalized spacial score (nSPS) is 13.6. The van der Waals surface area contributed by atoms with Gasteiger partial charge < -0.3 is 23.8 Å². The lowest BCUT2D eigenvalue weighted by Gasteiger charge is -2.35. The van der Waals surface area contributed by atoms with Crippen molar-refractivity contribution >= 4 is 23.4 Å². The molecular formula is C25H26ClN3O5. The number of halogens is 1. The van der Waals surface area contributed by atoms with Gasteiger partial charge in [0.05, 0.1) is 18.4 Å². The molecule has 0 aliphatic carbocycles. The molecule has 0 N–H and O–H groups in total. The molecule has 1 aliphatic heterocycles. The van der Waals surface area contributed by atoms with Crippen LogP contribution in [0.2, 0.25) is 5.02 Å². The number of benzene rings is 2. The maximum absolute atomic E-state index is 13.1. The summed E-state index contributed by atoms with van der Waals surface area (Å²) in [6.45, 7) is 5.80. The molecule has 0 spiro atoms. The van der Waals surface area contributed by atoms with E-state index in [-0.39, 0.29) is 18.4 Å². The maximum Gasteiger partial charge on any atom is 0.254 e. The first-order valence-electron chi connectivity index (χ1n) is 10.9. The third-order valence-electron chi connectivity index (χ3n) is 5.91. The highest BCUT2D eigenvalue weighted by atomic mass is 35.5. The van der Waals surface area contributed by atoms with Crippen molar-refractivity contribution in [1.82, 2.24) is 15.0 Å². The molecule has 1 saturated heterocycles. The van der Waals surface area contributed by atoms with Crippen LogP contribution < -0.4 is 9.47 Å². The van der Waals surface area contributed by atoms with Crippen LogP contribution in [0, 0.1) is 13.8 Å². The van der Waals surface area contributed by atoms with Gasteiger partial charge in [0.2, 0.25) is 0 Å². The Balaban J connectivity index is 1.38.